The molecule has 5 nitrogen and oxygen atoms in total. The number of methoxy groups -OCH3 is 1. The van der Waals surface area contributed by atoms with Crippen molar-refractivity contribution in [1.82, 2.24) is 0 Å². The van der Waals surface area contributed by atoms with Crippen LogP contribution in [0, 0.1) is 0 Å². The number of benzene rings is 1. The van der Waals surface area contributed by atoms with Crippen LogP contribution in [0.5, 0.6) is 0 Å². The fourth-order valence-corrected chi connectivity index (χ4v) is 1.96. The van der Waals surface area contributed by atoms with Crippen LogP contribution in [0.3, 0.4) is 0 Å². The second-order valence-corrected chi connectivity index (χ2v) is 5.82. The summed E-state index contributed by atoms with van der Waals surface area (Å²) in [5.41, 5.74) is 0.247. The summed E-state index contributed by atoms with van der Waals surface area (Å²) in [5, 5.41) is 2.73. The Hall–Kier alpha value is -1.11. The van der Waals surface area contributed by atoms with Gasteiger partial charge >= 0.3 is 0 Å². The third-order valence-corrected chi connectivity index (χ3v) is 3.36. The van der Waals surface area contributed by atoms with Gasteiger partial charge in [-0.3, -0.25) is 4.79 Å². The van der Waals surface area contributed by atoms with Crippen molar-refractivity contribution in [1.29, 1.82) is 0 Å². The summed E-state index contributed by atoms with van der Waals surface area (Å²) in [6.07, 6.45) is 1.08. The van der Waals surface area contributed by atoms with Crippen molar-refractivity contribution in [2.45, 2.75) is 4.90 Å². The van der Waals surface area contributed by atoms with Gasteiger partial charge in [-0.25, -0.2) is 8.42 Å². The van der Waals surface area contributed by atoms with Gasteiger partial charge in [0.05, 0.1) is 15.6 Å². The molecule has 0 saturated carbocycles. The highest BCUT2D eigenvalue weighted by Crippen LogP contribution is 2.25. The number of hydrogen-bond donors (Lipinski definition) is 1. The highest BCUT2D eigenvalue weighted by molar-refractivity contribution is 7.90. The first-order valence-corrected chi connectivity index (χ1v) is 6.90. The molecule has 1 aromatic carbocycles. The molecule has 0 unspecified atom stereocenters. The van der Waals surface area contributed by atoms with Crippen molar-refractivity contribution in [2.24, 2.45) is 0 Å². The maximum atomic E-state index is 11.3. The Bertz CT molecular complexity index is 527. The zero-order valence-corrected chi connectivity index (χ0v) is 10.9. The van der Waals surface area contributed by atoms with Gasteiger partial charge in [0.15, 0.2) is 9.84 Å². The van der Waals surface area contributed by atoms with E-state index in [9.17, 15) is 13.2 Å². The minimum atomic E-state index is -3.33. The van der Waals surface area contributed by atoms with Crippen LogP contribution in [-0.2, 0) is 19.4 Å². The predicted octanol–water partition coefficient (Wildman–Crippen LogP) is 1.33. The Balaban J connectivity index is 3.03. The maximum Gasteiger partial charge on any atom is 0.250 e. The predicted molar refractivity (Wildman–Crippen MR) is 65.1 cm³/mol. The fourth-order valence-electron chi connectivity index (χ4n) is 1.15. The monoisotopic (exact) mass is 277 g/mol. The molecule has 1 rings (SSSR count). The van der Waals surface area contributed by atoms with Crippen molar-refractivity contribution in [3.8, 4) is 0 Å². The van der Waals surface area contributed by atoms with Crippen LogP contribution in [0.4, 0.5) is 5.69 Å². The number of anilines is 1. The zero-order chi connectivity index (χ0) is 13.1. The molecule has 0 radical (unpaired) electrons. The molecule has 1 amide bonds. The van der Waals surface area contributed by atoms with Gasteiger partial charge in [0.2, 0.25) is 5.91 Å². The topological polar surface area (TPSA) is 72.5 Å². The number of rotatable bonds is 4. The number of nitrogens with one attached hydrogen (secondary N) is 1. The third kappa shape index (κ3) is 3.99. The largest absolute Gasteiger partial charge is 0.375 e. The van der Waals surface area contributed by atoms with Crippen molar-refractivity contribution in [3.63, 3.8) is 0 Å². The van der Waals surface area contributed by atoms with Gasteiger partial charge in [-0.2, -0.15) is 0 Å². The summed E-state index contributed by atoms with van der Waals surface area (Å²) in [6.45, 7) is -0.126. The average molecular weight is 278 g/mol. The molecule has 0 fully saturated rings. The van der Waals surface area contributed by atoms with E-state index in [1.165, 1.54) is 25.3 Å². The minimum absolute atomic E-state index is 0.0922. The molecule has 0 heterocycles. The molecule has 0 aliphatic carbocycles. The summed E-state index contributed by atoms with van der Waals surface area (Å²) < 4.78 is 27.3. The van der Waals surface area contributed by atoms with Gasteiger partial charge in [0.1, 0.15) is 6.61 Å². The van der Waals surface area contributed by atoms with Gasteiger partial charge in [-0.1, -0.05) is 11.6 Å². The molecule has 17 heavy (non-hydrogen) atoms. The number of amides is 1. The third-order valence-electron chi connectivity index (χ3n) is 1.92. The van der Waals surface area contributed by atoms with Crippen LogP contribution in [0.15, 0.2) is 23.1 Å². The van der Waals surface area contributed by atoms with Gasteiger partial charge in [0.25, 0.3) is 0 Å². The lowest BCUT2D eigenvalue weighted by Crippen LogP contribution is -2.17. The van der Waals surface area contributed by atoms with Crippen molar-refractivity contribution < 1.29 is 17.9 Å². The van der Waals surface area contributed by atoms with Crippen LogP contribution in [0.1, 0.15) is 0 Å². The van der Waals surface area contributed by atoms with Crippen LogP contribution in [0.2, 0.25) is 5.02 Å². The highest BCUT2D eigenvalue weighted by Gasteiger charge is 2.11. The molecule has 0 bridgehead atoms. The molecule has 0 aliphatic heterocycles. The van der Waals surface area contributed by atoms with E-state index in [0.29, 0.717) is 0 Å². The molecule has 7 heteroatoms. The average Bonchev–Trinajstić information content (AvgIpc) is 2.20. The molecule has 0 saturated heterocycles. The molecular formula is C10H12ClNO4S. The first kappa shape index (κ1) is 14.0. The summed E-state index contributed by atoms with van der Waals surface area (Å²) >= 11 is 5.84. The Morgan fingerprint density at radius 2 is 2.12 bits per heavy atom. The lowest BCUT2D eigenvalue weighted by atomic mass is 10.3. The smallest absolute Gasteiger partial charge is 0.250 e. The second kappa shape index (κ2) is 5.48. The first-order valence-electron chi connectivity index (χ1n) is 4.63. The molecule has 94 valence electrons. The Kier molecular flexibility index (Phi) is 4.50. The molecule has 0 aliphatic rings. The quantitative estimate of drug-likeness (QED) is 0.901. The molecule has 1 aromatic rings. The van der Waals surface area contributed by atoms with Crippen LogP contribution in [0.25, 0.3) is 0 Å². The van der Waals surface area contributed by atoms with Crippen LogP contribution in [-0.4, -0.2) is 34.3 Å². The Labute approximate surface area is 105 Å². The number of sulfone groups is 1. The Morgan fingerprint density at radius 3 is 2.65 bits per heavy atom. The van der Waals surface area contributed by atoms with Crippen LogP contribution < -0.4 is 5.32 Å². The van der Waals surface area contributed by atoms with E-state index < -0.39 is 15.7 Å². The minimum Gasteiger partial charge on any atom is -0.375 e. The van der Waals surface area contributed by atoms with Gasteiger partial charge in [-0.15, -0.1) is 0 Å². The zero-order valence-electron chi connectivity index (χ0n) is 9.36. The van der Waals surface area contributed by atoms with E-state index in [4.69, 9.17) is 11.6 Å². The standard InChI is InChI=1S/C10H12ClNO4S/c1-16-6-10(13)12-9-5-7(17(2,14)15)3-4-8(9)11/h3-5H,6H2,1-2H3,(H,12,13). The molecule has 0 spiro atoms. The summed E-state index contributed by atoms with van der Waals surface area (Å²) in [6, 6.07) is 4.11. The van der Waals surface area contributed by atoms with Crippen LogP contribution >= 0.6 is 11.6 Å². The summed E-state index contributed by atoms with van der Waals surface area (Å²) in [5.74, 6) is -0.403. The van der Waals surface area contributed by atoms with E-state index in [0.717, 1.165) is 6.26 Å². The van der Waals surface area contributed by atoms with Gasteiger partial charge in [-0.05, 0) is 18.2 Å². The van der Waals surface area contributed by atoms with Gasteiger partial charge in [0, 0.05) is 13.4 Å². The number of ether oxygens (including phenoxy) is 1. The number of carbonyl (C=O) groups excluding carboxylic acids is 1. The van der Waals surface area contributed by atoms with Gasteiger partial charge < -0.3 is 10.1 Å². The van der Waals surface area contributed by atoms with E-state index >= 15 is 0 Å². The highest BCUT2D eigenvalue weighted by atomic mass is 35.5. The van der Waals surface area contributed by atoms with Crippen molar-refractivity contribution in [2.75, 3.05) is 25.3 Å². The molecule has 0 atom stereocenters. The van der Waals surface area contributed by atoms with E-state index in [1.54, 1.807) is 0 Å². The first-order chi connectivity index (χ1) is 7.84. The van der Waals surface area contributed by atoms with Crippen molar-refractivity contribution >= 4 is 33.0 Å². The second-order valence-electron chi connectivity index (χ2n) is 3.40. The summed E-state index contributed by atoms with van der Waals surface area (Å²) in [7, 11) is -1.95. The lowest BCUT2D eigenvalue weighted by molar-refractivity contribution is -0.119. The Morgan fingerprint density at radius 1 is 1.47 bits per heavy atom. The molecule has 0 aromatic heterocycles. The van der Waals surface area contributed by atoms with E-state index in [1.807, 2.05) is 0 Å². The lowest BCUT2D eigenvalue weighted by Gasteiger charge is -2.08. The molecule has 1 N–H and O–H groups in total. The number of halogens is 1. The van der Waals surface area contributed by atoms with E-state index in [2.05, 4.69) is 10.1 Å². The van der Waals surface area contributed by atoms with E-state index in [-0.39, 0.29) is 22.2 Å². The maximum absolute atomic E-state index is 11.3. The summed E-state index contributed by atoms with van der Waals surface area (Å²) in [4.78, 5) is 11.4. The number of carbonyl (C=O) groups is 1. The fraction of sp³-hybridized carbons (Fsp3) is 0.300. The number of hydrogen-bond acceptors (Lipinski definition) is 4. The molecular weight excluding hydrogens is 266 g/mol. The van der Waals surface area contributed by atoms with Crippen molar-refractivity contribution in [3.05, 3.63) is 23.2 Å². The SMILES string of the molecule is COCC(=O)Nc1cc(S(C)(=O)=O)ccc1Cl. The normalized spacial score (nSPS) is 11.2.